The lowest BCUT2D eigenvalue weighted by Gasteiger charge is -2.34. The van der Waals surface area contributed by atoms with Crippen molar-refractivity contribution in [2.45, 2.75) is 37.9 Å². The number of likely N-dealkylation sites (tertiary alicyclic amines) is 1. The first-order valence-electron chi connectivity index (χ1n) is 10.5. The van der Waals surface area contributed by atoms with E-state index >= 15 is 0 Å². The summed E-state index contributed by atoms with van der Waals surface area (Å²) in [4.78, 5) is 43.9. The minimum Gasteiger partial charge on any atom is -0.364 e. The first-order chi connectivity index (χ1) is 15.8. The zero-order chi connectivity index (χ0) is 23.3. The number of carbonyl (C=O) groups excluding carboxylic acids is 3. The molecule has 9 nitrogen and oxygen atoms in total. The van der Waals surface area contributed by atoms with Gasteiger partial charge < -0.3 is 16.0 Å². The van der Waals surface area contributed by atoms with Crippen LogP contribution in [0.25, 0.3) is 10.9 Å². The van der Waals surface area contributed by atoms with Crippen LogP contribution in [0.4, 0.5) is 10.1 Å². The van der Waals surface area contributed by atoms with Crippen LogP contribution in [0.15, 0.2) is 36.7 Å². The molecule has 1 saturated carbocycles. The number of aromatic nitrogens is 3. The molecular weight excluding hydrogens is 451 g/mol. The zero-order valence-corrected chi connectivity index (χ0v) is 18.1. The molecule has 11 heteroatoms. The number of rotatable bonds is 5. The highest BCUT2D eigenvalue weighted by Crippen LogP contribution is 2.43. The van der Waals surface area contributed by atoms with Crippen molar-refractivity contribution in [2.75, 3.05) is 5.32 Å². The predicted octanol–water partition coefficient (Wildman–Crippen LogP) is 2.34. The standard InChI is InChI=1S/C22H20ClFN6O3/c23-14-2-1-3-15(18(14)24)27-22(33)20-11-4-5-12(8-11)30(20)17(31)10-29-16-9-26-7-6-13(16)19(28-29)21(25)32/h1-3,6-7,9,11-12,20H,4-5,8,10H2,(H2,25,32)(H,27,33)/t11-,12+,20-/m0/s1. The van der Waals surface area contributed by atoms with E-state index in [-0.39, 0.29) is 40.8 Å². The van der Waals surface area contributed by atoms with Gasteiger partial charge in [-0.15, -0.1) is 0 Å². The molecule has 3 heterocycles. The van der Waals surface area contributed by atoms with E-state index in [1.807, 2.05) is 0 Å². The van der Waals surface area contributed by atoms with Crippen molar-refractivity contribution < 1.29 is 18.8 Å². The van der Waals surface area contributed by atoms with Crippen LogP contribution in [0.5, 0.6) is 0 Å². The minimum atomic E-state index is -0.731. The van der Waals surface area contributed by atoms with E-state index in [4.69, 9.17) is 17.3 Å². The number of hydrogen-bond donors (Lipinski definition) is 2. The normalized spacial score (nSPS) is 21.5. The molecule has 0 unspecified atom stereocenters. The van der Waals surface area contributed by atoms with Crippen molar-refractivity contribution in [1.29, 1.82) is 0 Å². The molecule has 0 radical (unpaired) electrons. The van der Waals surface area contributed by atoms with Gasteiger partial charge in [-0.25, -0.2) is 4.39 Å². The Morgan fingerprint density at radius 1 is 1.24 bits per heavy atom. The molecule has 3 aromatic rings. The quantitative estimate of drug-likeness (QED) is 0.592. The number of fused-ring (bicyclic) bond motifs is 3. The molecule has 1 saturated heterocycles. The van der Waals surface area contributed by atoms with Crippen LogP contribution in [0.3, 0.4) is 0 Å². The Bertz CT molecular complexity index is 1290. The van der Waals surface area contributed by atoms with Gasteiger partial charge in [0.05, 0.1) is 22.4 Å². The van der Waals surface area contributed by atoms with E-state index in [9.17, 15) is 18.8 Å². The number of nitrogens with two attached hydrogens (primary N) is 1. The Morgan fingerprint density at radius 3 is 2.85 bits per heavy atom. The monoisotopic (exact) mass is 470 g/mol. The van der Waals surface area contributed by atoms with Gasteiger partial charge in [0.15, 0.2) is 11.5 Å². The van der Waals surface area contributed by atoms with Crippen LogP contribution in [0.1, 0.15) is 29.8 Å². The number of pyridine rings is 1. The Labute approximate surface area is 192 Å². The maximum absolute atomic E-state index is 14.3. The number of nitrogens with zero attached hydrogens (tertiary/aromatic N) is 4. The van der Waals surface area contributed by atoms with Crippen molar-refractivity contribution in [3.63, 3.8) is 0 Å². The number of anilines is 1. The molecule has 2 aromatic heterocycles. The number of carbonyl (C=O) groups is 3. The number of piperidine rings is 1. The van der Waals surface area contributed by atoms with Crippen LogP contribution in [-0.4, -0.2) is 49.5 Å². The number of benzene rings is 1. The smallest absolute Gasteiger partial charge is 0.269 e. The van der Waals surface area contributed by atoms with E-state index in [2.05, 4.69) is 15.4 Å². The average Bonchev–Trinajstić information content (AvgIpc) is 3.50. The van der Waals surface area contributed by atoms with E-state index in [1.54, 1.807) is 11.0 Å². The third-order valence-electron chi connectivity index (χ3n) is 6.42. The second-order valence-electron chi connectivity index (χ2n) is 8.33. The predicted molar refractivity (Wildman–Crippen MR) is 118 cm³/mol. The molecule has 3 N–H and O–H groups in total. The van der Waals surface area contributed by atoms with Gasteiger partial charge in [0, 0.05) is 17.6 Å². The van der Waals surface area contributed by atoms with Gasteiger partial charge in [-0.1, -0.05) is 17.7 Å². The Kier molecular flexibility index (Phi) is 5.24. The second-order valence-corrected chi connectivity index (χ2v) is 8.73. The molecule has 1 aromatic carbocycles. The van der Waals surface area contributed by atoms with Crippen molar-refractivity contribution in [1.82, 2.24) is 19.7 Å². The third kappa shape index (κ3) is 3.60. The van der Waals surface area contributed by atoms with Crippen LogP contribution < -0.4 is 11.1 Å². The number of hydrogen-bond acceptors (Lipinski definition) is 5. The highest BCUT2D eigenvalue weighted by molar-refractivity contribution is 6.31. The van der Waals surface area contributed by atoms with Crippen LogP contribution >= 0.6 is 11.6 Å². The molecule has 3 atom stereocenters. The Hall–Kier alpha value is -3.53. The first-order valence-corrected chi connectivity index (χ1v) is 10.9. The average molecular weight is 471 g/mol. The molecule has 3 amide bonds. The van der Waals surface area contributed by atoms with Gasteiger partial charge in [0.2, 0.25) is 11.8 Å². The summed E-state index contributed by atoms with van der Waals surface area (Å²) in [6, 6.07) is 5.15. The molecule has 33 heavy (non-hydrogen) atoms. The summed E-state index contributed by atoms with van der Waals surface area (Å²) >= 11 is 5.82. The van der Waals surface area contributed by atoms with Gasteiger partial charge in [0.25, 0.3) is 5.91 Å². The van der Waals surface area contributed by atoms with E-state index < -0.39 is 23.7 Å². The molecule has 2 fully saturated rings. The maximum Gasteiger partial charge on any atom is 0.269 e. The number of amides is 3. The summed E-state index contributed by atoms with van der Waals surface area (Å²) in [5.74, 6) is -2.22. The number of halogens is 2. The fourth-order valence-corrected chi connectivity index (χ4v) is 5.20. The van der Waals surface area contributed by atoms with Crippen LogP contribution in [-0.2, 0) is 16.1 Å². The number of primary amides is 1. The lowest BCUT2D eigenvalue weighted by molar-refractivity contribution is -0.141. The molecular formula is C22H20ClFN6O3. The molecule has 1 aliphatic carbocycles. The van der Waals surface area contributed by atoms with Crippen molar-refractivity contribution in [3.8, 4) is 0 Å². The summed E-state index contributed by atoms with van der Waals surface area (Å²) < 4.78 is 15.7. The lowest BCUT2D eigenvalue weighted by Crippen LogP contribution is -2.52. The SMILES string of the molecule is NC(=O)c1nn(CC(=O)N2[C@@H]3CC[C@@H](C3)[C@H]2C(=O)Nc2cccc(Cl)c2F)c2cnccc12. The molecule has 2 bridgehead atoms. The van der Waals surface area contributed by atoms with Crippen molar-refractivity contribution >= 4 is 45.9 Å². The Morgan fingerprint density at radius 2 is 2.06 bits per heavy atom. The van der Waals surface area contributed by atoms with Gasteiger partial charge in [-0.05, 0) is 43.4 Å². The van der Waals surface area contributed by atoms with Crippen molar-refractivity contribution in [3.05, 3.63) is 53.2 Å². The summed E-state index contributed by atoms with van der Waals surface area (Å²) in [6.07, 6.45) is 5.32. The van der Waals surface area contributed by atoms with Gasteiger partial charge in [-0.3, -0.25) is 24.0 Å². The summed E-state index contributed by atoms with van der Waals surface area (Å²) in [7, 11) is 0. The highest BCUT2D eigenvalue weighted by atomic mass is 35.5. The highest BCUT2D eigenvalue weighted by Gasteiger charge is 2.51. The van der Waals surface area contributed by atoms with Gasteiger partial charge in [0.1, 0.15) is 12.6 Å². The largest absolute Gasteiger partial charge is 0.364 e. The Balaban J connectivity index is 1.41. The van der Waals surface area contributed by atoms with Crippen LogP contribution in [0, 0.1) is 11.7 Å². The van der Waals surface area contributed by atoms with Crippen LogP contribution in [0.2, 0.25) is 5.02 Å². The molecule has 170 valence electrons. The summed E-state index contributed by atoms with van der Waals surface area (Å²) in [6.45, 7) is -0.187. The maximum atomic E-state index is 14.3. The molecule has 0 spiro atoms. The van der Waals surface area contributed by atoms with Crippen molar-refractivity contribution in [2.24, 2.45) is 11.7 Å². The second kappa shape index (κ2) is 8.11. The zero-order valence-electron chi connectivity index (χ0n) is 17.4. The topological polar surface area (TPSA) is 123 Å². The lowest BCUT2D eigenvalue weighted by atomic mass is 9.97. The van der Waals surface area contributed by atoms with E-state index in [1.165, 1.54) is 35.3 Å². The molecule has 1 aliphatic heterocycles. The fraction of sp³-hybridized carbons (Fsp3) is 0.318. The van der Waals surface area contributed by atoms with Gasteiger partial charge in [-0.2, -0.15) is 5.10 Å². The third-order valence-corrected chi connectivity index (χ3v) is 6.72. The molecule has 5 rings (SSSR count). The summed E-state index contributed by atoms with van der Waals surface area (Å²) in [5.41, 5.74) is 5.94. The van der Waals surface area contributed by atoms with E-state index in [0.717, 1.165) is 12.8 Å². The van der Waals surface area contributed by atoms with Gasteiger partial charge >= 0.3 is 0 Å². The number of nitrogens with one attached hydrogen (secondary N) is 1. The fourth-order valence-electron chi connectivity index (χ4n) is 5.02. The van der Waals surface area contributed by atoms with E-state index in [0.29, 0.717) is 17.3 Å². The molecule has 2 aliphatic rings. The minimum absolute atomic E-state index is 0.0154. The summed E-state index contributed by atoms with van der Waals surface area (Å²) in [5, 5.41) is 7.20. The first kappa shape index (κ1) is 21.3.